The molecular formula is C25H23Cl2N9O. The summed E-state index contributed by atoms with van der Waals surface area (Å²) in [5.74, 6) is 1.40. The van der Waals surface area contributed by atoms with Crippen LogP contribution >= 0.6 is 23.2 Å². The van der Waals surface area contributed by atoms with Gasteiger partial charge in [0.1, 0.15) is 23.2 Å². The van der Waals surface area contributed by atoms with Gasteiger partial charge in [0.25, 0.3) is 0 Å². The highest BCUT2D eigenvalue weighted by atomic mass is 35.5. The van der Waals surface area contributed by atoms with Crippen LogP contribution in [0.1, 0.15) is 24.3 Å². The van der Waals surface area contributed by atoms with E-state index in [0.29, 0.717) is 45.8 Å². The molecule has 5 aromatic rings. The summed E-state index contributed by atoms with van der Waals surface area (Å²) in [4.78, 5) is 6.10. The Bertz CT molecular complexity index is 1570. The van der Waals surface area contributed by atoms with E-state index < -0.39 is 5.54 Å². The number of ether oxygens (including phenoxy) is 1. The Kier molecular flexibility index (Phi) is 5.74. The van der Waals surface area contributed by atoms with Crippen molar-refractivity contribution in [2.75, 3.05) is 18.0 Å². The highest BCUT2D eigenvalue weighted by Crippen LogP contribution is 2.35. The van der Waals surface area contributed by atoms with Gasteiger partial charge in [-0.1, -0.05) is 23.2 Å². The summed E-state index contributed by atoms with van der Waals surface area (Å²) in [5.41, 5.74) is 9.98. The molecule has 5 heterocycles. The molecular weight excluding hydrogens is 513 g/mol. The minimum absolute atomic E-state index is 0.382. The van der Waals surface area contributed by atoms with Gasteiger partial charge in [0.05, 0.1) is 26.8 Å². The van der Waals surface area contributed by atoms with Crippen molar-refractivity contribution in [3.63, 3.8) is 0 Å². The highest BCUT2D eigenvalue weighted by Gasteiger charge is 2.43. The lowest BCUT2D eigenvalue weighted by atomic mass is 9.87. The molecule has 0 unspecified atom stereocenters. The average molecular weight is 536 g/mol. The summed E-state index contributed by atoms with van der Waals surface area (Å²) in [5, 5.41) is 22.4. The molecule has 10 nitrogen and oxygen atoms in total. The summed E-state index contributed by atoms with van der Waals surface area (Å²) >= 11 is 12.6. The molecule has 0 radical (unpaired) electrons. The molecule has 4 aromatic heterocycles. The van der Waals surface area contributed by atoms with Crippen LogP contribution in [0.25, 0.3) is 22.3 Å². The first-order chi connectivity index (χ1) is 17.8. The molecule has 0 spiro atoms. The Morgan fingerprint density at radius 1 is 1.08 bits per heavy atom. The number of fused-ring (bicyclic) bond motifs is 1. The molecule has 0 saturated carbocycles. The minimum Gasteiger partial charge on any atom is -0.486 e. The molecule has 0 aliphatic carbocycles. The largest absolute Gasteiger partial charge is 0.486 e. The maximum atomic E-state index is 6.57. The standard InChI is InChI=1S/C25H23Cl2N9O/c1-14(23-17(26)10-29-11-18(23)27)37-15-3-4-19-16(9-15)24(34-31-19)20-5-6-22(33-32-20)36-12-25(28,13-36)21-7-8-30-35(21)2/h3-11,14H,12-13,28H2,1-2H3,(H,31,34)/t14-/m1/s1. The number of aromatic amines is 1. The molecule has 1 aliphatic rings. The SMILES string of the molecule is C[C@@H](Oc1ccc2[nH]nc(-c3ccc(N4CC(N)(c5ccnn5C)C4)nn3)c2c1)c1c(Cl)cncc1Cl. The normalized spacial score (nSPS) is 15.5. The lowest BCUT2D eigenvalue weighted by Gasteiger charge is -2.47. The molecule has 0 bridgehead atoms. The van der Waals surface area contributed by atoms with E-state index in [2.05, 4.69) is 35.4 Å². The number of nitrogens with one attached hydrogen (secondary N) is 1. The average Bonchev–Trinajstić information content (AvgIpc) is 3.48. The van der Waals surface area contributed by atoms with Gasteiger partial charge in [-0.05, 0) is 43.3 Å². The van der Waals surface area contributed by atoms with Gasteiger partial charge in [-0.15, -0.1) is 10.2 Å². The first kappa shape index (κ1) is 23.7. The molecule has 1 aliphatic heterocycles. The smallest absolute Gasteiger partial charge is 0.151 e. The summed E-state index contributed by atoms with van der Waals surface area (Å²) < 4.78 is 7.98. The van der Waals surface area contributed by atoms with Crippen LogP contribution in [0, 0.1) is 0 Å². The van der Waals surface area contributed by atoms with Crippen molar-refractivity contribution >= 4 is 39.9 Å². The van der Waals surface area contributed by atoms with Crippen molar-refractivity contribution in [3.05, 3.63) is 76.3 Å². The van der Waals surface area contributed by atoms with Gasteiger partial charge in [0.15, 0.2) is 5.82 Å². The number of aryl methyl sites for hydroxylation is 1. The third kappa shape index (κ3) is 4.16. The first-order valence-corrected chi connectivity index (χ1v) is 12.4. The van der Waals surface area contributed by atoms with Crippen molar-refractivity contribution in [2.45, 2.75) is 18.6 Å². The van der Waals surface area contributed by atoms with Crippen LogP contribution in [-0.2, 0) is 12.6 Å². The highest BCUT2D eigenvalue weighted by molar-refractivity contribution is 6.35. The Hall–Kier alpha value is -3.73. The molecule has 1 aromatic carbocycles. The number of aromatic nitrogens is 7. The zero-order valence-electron chi connectivity index (χ0n) is 20.1. The third-order valence-corrected chi connectivity index (χ3v) is 7.24. The molecule has 12 heteroatoms. The lowest BCUT2D eigenvalue weighted by molar-refractivity contribution is 0.227. The molecule has 3 N–H and O–H groups in total. The van der Waals surface area contributed by atoms with E-state index >= 15 is 0 Å². The number of nitrogens with zero attached hydrogens (tertiary/aromatic N) is 7. The number of nitrogens with two attached hydrogens (primary N) is 1. The van der Waals surface area contributed by atoms with Crippen LogP contribution in [0.15, 0.2) is 55.0 Å². The van der Waals surface area contributed by atoms with E-state index in [1.165, 1.54) is 0 Å². The zero-order chi connectivity index (χ0) is 25.7. The van der Waals surface area contributed by atoms with Gasteiger partial charge >= 0.3 is 0 Å². The van der Waals surface area contributed by atoms with Crippen LogP contribution in [-0.4, -0.2) is 48.2 Å². The molecule has 6 rings (SSSR count). The number of rotatable bonds is 6. The molecule has 1 atom stereocenters. The van der Waals surface area contributed by atoms with Crippen molar-refractivity contribution in [2.24, 2.45) is 12.8 Å². The number of halogens is 2. The van der Waals surface area contributed by atoms with E-state index in [1.54, 1.807) is 18.6 Å². The second kappa shape index (κ2) is 8.98. The van der Waals surface area contributed by atoms with Gasteiger partial charge in [0, 0.05) is 49.7 Å². The van der Waals surface area contributed by atoms with Crippen LogP contribution in [0.2, 0.25) is 10.0 Å². The molecule has 188 valence electrons. The number of hydrogen-bond donors (Lipinski definition) is 2. The minimum atomic E-state index is -0.456. The fourth-order valence-corrected chi connectivity index (χ4v) is 5.45. The molecule has 1 fully saturated rings. The number of anilines is 1. The summed E-state index contributed by atoms with van der Waals surface area (Å²) in [6.45, 7) is 3.16. The Labute approximate surface area is 222 Å². The second-order valence-electron chi connectivity index (χ2n) is 9.19. The number of H-pyrrole nitrogens is 1. The fourth-order valence-electron chi connectivity index (χ4n) is 4.78. The van der Waals surface area contributed by atoms with Gasteiger partial charge in [-0.3, -0.25) is 14.8 Å². The fraction of sp³-hybridized carbons (Fsp3) is 0.240. The van der Waals surface area contributed by atoms with Gasteiger partial charge in [-0.25, -0.2) is 0 Å². The van der Waals surface area contributed by atoms with Gasteiger partial charge < -0.3 is 15.4 Å². The first-order valence-electron chi connectivity index (χ1n) is 11.6. The Morgan fingerprint density at radius 3 is 2.54 bits per heavy atom. The number of pyridine rings is 1. The molecule has 0 amide bonds. The predicted octanol–water partition coefficient (Wildman–Crippen LogP) is 4.27. The van der Waals surface area contributed by atoms with E-state index in [-0.39, 0.29) is 6.10 Å². The maximum absolute atomic E-state index is 6.57. The summed E-state index contributed by atoms with van der Waals surface area (Å²) in [6.07, 6.45) is 4.48. The van der Waals surface area contributed by atoms with Crippen molar-refractivity contribution in [1.82, 2.24) is 35.2 Å². The van der Waals surface area contributed by atoms with E-state index in [1.807, 2.05) is 55.1 Å². The monoisotopic (exact) mass is 535 g/mol. The van der Waals surface area contributed by atoms with Crippen molar-refractivity contribution in [3.8, 4) is 17.1 Å². The predicted molar refractivity (Wildman–Crippen MR) is 142 cm³/mol. The number of hydrogen-bond acceptors (Lipinski definition) is 8. The van der Waals surface area contributed by atoms with Crippen LogP contribution in [0.3, 0.4) is 0 Å². The van der Waals surface area contributed by atoms with Crippen LogP contribution in [0.5, 0.6) is 5.75 Å². The summed E-state index contributed by atoms with van der Waals surface area (Å²) in [7, 11) is 1.90. The van der Waals surface area contributed by atoms with E-state index in [0.717, 1.165) is 22.4 Å². The van der Waals surface area contributed by atoms with Crippen molar-refractivity contribution < 1.29 is 4.74 Å². The van der Waals surface area contributed by atoms with Gasteiger partial charge in [-0.2, -0.15) is 10.2 Å². The zero-order valence-corrected chi connectivity index (χ0v) is 21.6. The second-order valence-corrected chi connectivity index (χ2v) is 10.00. The van der Waals surface area contributed by atoms with E-state index in [4.69, 9.17) is 33.7 Å². The van der Waals surface area contributed by atoms with Crippen molar-refractivity contribution in [1.29, 1.82) is 0 Å². The summed E-state index contributed by atoms with van der Waals surface area (Å²) in [6, 6.07) is 11.5. The van der Waals surface area contributed by atoms with E-state index in [9.17, 15) is 0 Å². The Morgan fingerprint density at radius 2 is 1.86 bits per heavy atom. The third-order valence-electron chi connectivity index (χ3n) is 6.64. The van der Waals surface area contributed by atoms with Crippen LogP contribution < -0.4 is 15.4 Å². The van der Waals surface area contributed by atoms with Crippen LogP contribution in [0.4, 0.5) is 5.82 Å². The Balaban J connectivity index is 1.21. The lowest BCUT2D eigenvalue weighted by Crippen LogP contribution is -2.65. The molecule has 1 saturated heterocycles. The topological polar surface area (TPSA) is 124 Å². The number of benzene rings is 1. The maximum Gasteiger partial charge on any atom is 0.151 e. The van der Waals surface area contributed by atoms with Gasteiger partial charge in [0.2, 0.25) is 0 Å². The molecule has 37 heavy (non-hydrogen) atoms. The quantitative estimate of drug-likeness (QED) is 0.330.